The summed E-state index contributed by atoms with van der Waals surface area (Å²) in [5.74, 6) is -0.551. The van der Waals surface area contributed by atoms with Gasteiger partial charge in [-0.3, -0.25) is 4.79 Å². The van der Waals surface area contributed by atoms with Crippen LogP contribution in [0.2, 0.25) is 0 Å². The number of aromatic nitrogens is 1. The quantitative estimate of drug-likeness (QED) is 0.824. The van der Waals surface area contributed by atoms with E-state index in [0.29, 0.717) is 5.13 Å². The maximum absolute atomic E-state index is 12.0. The summed E-state index contributed by atoms with van der Waals surface area (Å²) in [6.07, 6.45) is 0. The van der Waals surface area contributed by atoms with E-state index in [9.17, 15) is 4.79 Å². The van der Waals surface area contributed by atoms with Gasteiger partial charge in [-0.15, -0.1) is 11.3 Å². The number of carbonyl (C=O) groups is 1. The third-order valence-corrected chi connectivity index (χ3v) is 3.76. The molecule has 94 valence electrons. The van der Waals surface area contributed by atoms with Crippen LogP contribution in [0.1, 0.15) is 24.4 Å². The Hall–Kier alpha value is -1.01. The molecule has 0 aliphatic rings. The maximum Gasteiger partial charge on any atom is 0.236 e. The molecule has 0 aliphatic carbocycles. The van der Waals surface area contributed by atoms with Gasteiger partial charge in [-0.2, -0.15) is 0 Å². The zero-order chi connectivity index (χ0) is 13.2. The first kappa shape index (κ1) is 14.1. The summed E-state index contributed by atoms with van der Waals surface area (Å²) >= 11 is 6.37. The highest BCUT2D eigenvalue weighted by atomic mass is 32.1. The topological polar surface area (TPSA) is 68.0 Å². The Labute approximate surface area is 111 Å². The Kier molecular flexibility index (Phi) is 4.59. The van der Waals surface area contributed by atoms with Gasteiger partial charge in [-0.1, -0.05) is 26.1 Å². The number of nitrogens with one attached hydrogen (secondary N) is 1. The van der Waals surface area contributed by atoms with E-state index < -0.39 is 5.92 Å². The van der Waals surface area contributed by atoms with Crippen molar-refractivity contribution < 1.29 is 4.79 Å². The summed E-state index contributed by atoms with van der Waals surface area (Å²) in [7, 11) is 0. The van der Waals surface area contributed by atoms with Gasteiger partial charge in [0, 0.05) is 4.88 Å². The van der Waals surface area contributed by atoms with Crippen molar-refractivity contribution in [3.05, 3.63) is 10.6 Å². The molecule has 4 nitrogen and oxygen atoms in total. The molecule has 1 unspecified atom stereocenters. The molecule has 6 heteroatoms. The molecule has 1 aromatic rings. The van der Waals surface area contributed by atoms with Crippen LogP contribution in [-0.2, 0) is 4.79 Å². The second-order valence-corrected chi connectivity index (χ2v) is 5.95. The van der Waals surface area contributed by atoms with Crippen LogP contribution in [0.3, 0.4) is 0 Å². The van der Waals surface area contributed by atoms with Gasteiger partial charge < -0.3 is 11.1 Å². The minimum Gasteiger partial charge on any atom is -0.393 e. The standard InChI is InChI=1S/C11H17N3OS2/c1-5(2)8(9(12)16)10(15)14-11-13-6(3)7(4)17-11/h5,8H,1-4H3,(H2,12,16)(H,13,14,15). The minimum atomic E-state index is -0.450. The number of thiazole rings is 1. The summed E-state index contributed by atoms with van der Waals surface area (Å²) in [5, 5.41) is 3.37. The lowest BCUT2D eigenvalue weighted by molar-refractivity contribution is -0.118. The Morgan fingerprint density at radius 2 is 2.06 bits per heavy atom. The summed E-state index contributed by atoms with van der Waals surface area (Å²) in [6.45, 7) is 7.72. The predicted octanol–water partition coefficient (Wildman–Crippen LogP) is 2.26. The molecule has 0 fully saturated rings. The number of hydrogen-bond acceptors (Lipinski definition) is 4. The molecule has 1 atom stereocenters. The molecule has 3 N–H and O–H groups in total. The van der Waals surface area contributed by atoms with Gasteiger partial charge in [0.2, 0.25) is 5.91 Å². The molecule has 1 rings (SSSR count). The third-order valence-electron chi connectivity index (χ3n) is 2.51. The smallest absolute Gasteiger partial charge is 0.236 e. The highest BCUT2D eigenvalue weighted by Crippen LogP contribution is 2.22. The molecule has 0 spiro atoms. The predicted molar refractivity (Wildman–Crippen MR) is 75.3 cm³/mol. The minimum absolute atomic E-state index is 0.0784. The molecule has 0 saturated carbocycles. The van der Waals surface area contributed by atoms with E-state index in [4.69, 9.17) is 18.0 Å². The van der Waals surface area contributed by atoms with Crippen LogP contribution < -0.4 is 11.1 Å². The molecule has 0 aromatic carbocycles. The monoisotopic (exact) mass is 271 g/mol. The van der Waals surface area contributed by atoms with Gasteiger partial charge in [-0.25, -0.2) is 4.98 Å². The van der Waals surface area contributed by atoms with Crippen LogP contribution >= 0.6 is 23.6 Å². The van der Waals surface area contributed by atoms with Crippen molar-refractivity contribution in [1.29, 1.82) is 0 Å². The number of anilines is 1. The van der Waals surface area contributed by atoms with Gasteiger partial charge in [0.05, 0.1) is 16.6 Å². The molecule has 0 saturated heterocycles. The number of nitrogens with two attached hydrogens (primary N) is 1. The molecule has 0 bridgehead atoms. The summed E-state index contributed by atoms with van der Waals surface area (Å²) < 4.78 is 0. The molecule has 1 aromatic heterocycles. The van der Waals surface area contributed by atoms with Gasteiger partial charge in [0.15, 0.2) is 5.13 Å². The van der Waals surface area contributed by atoms with Crippen LogP contribution in [-0.4, -0.2) is 15.9 Å². The molecule has 1 amide bonds. The highest BCUT2D eigenvalue weighted by molar-refractivity contribution is 7.80. The second kappa shape index (κ2) is 5.55. The van der Waals surface area contributed by atoms with Crippen molar-refractivity contribution in [2.45, 2.75) is 27.7 Å². The fourth-order valence-electron chi connectivity index (χ4n) is 1.47. The Morgan fingerprint density at radius 1 is 1.47 bits per heavy atom. The molecular weight excluding hydrogens is 254 g/mol. The number of rotatable bonds is 4. The van der Waals surface area contributed by atoms with Crippen molar-refractivity contribution in [2.75, 3.05) is 5.32 Å². The van der Waals surface area contributed by atoms with Gasteiger partial charge >= 0.3 is 0 Å². The van der Waals surface area contributed by atoms with Gasteiger partial charge in [0.1, 0.15) is 0 Å². The Bertz CT molecular complexity index is 420. The lowest BCUT2D eigenvalue weighted by Crippen LogP contribution is -2.36. The van der Waals surface area contributed by atoms with Crippen molar-refractivity contribution in [3.8, 4) is 0 Å². The number of carbonyl (C=O) groups excluding carboxylic acids is 1. The summed E-state index contributed by atoms with van der Waals surface area (Å²) in [5.41, 5.74) is 6.51. The highest BCUT2D eigenvalue weighted by Gasteiger charge is 2.25. The lowest BCUT2D eigenvalue weighted by Gasteiger charge is -2.17. The summed E-state index contributed by atoms with van der Waals surface area (Å²) in [4.78, 5) is 17.6. The van der Waals surface area contributed by atoms with E-state index in [1.54, 1.807) is 0 Å². The number of nitrogens with zero attached hydrogens (tertiary/aromatic N) is 1. The third kappa shape index (κ3) is 3.47. The van der Waals surface area contributed by atoms with E-state index in [0.717, 1.165) is 10.6 Å². The van der Waals surface area contributed by atoms with Crippen molar-refractivity contribution in [3.63, 3.8) is 0 Å². The van der Waals surface area contributed by atoms with Crippen molar-refractivity contribution in [2.24, 2.45) is 17.6 Å². The average Bonchev–Trinajstić information content (AvgIpc) is 2.43. The maximum atomic E-state index is 12.0. The SMILES string of the molecule is Cc1nc(NC(=O)C(C(N)=S)C(C)C)sc1C. The van der Waals surface area contributed by atoms with E-state index in [2.05, 4.69) is 10.3 Å². The number of amides is 1. The number of hydrogen-bond donors (Lipinski definition) is 2. The molecule has 0 radical (unpaired) electrons. The summed E-state index contributed by atoms with van der Waals surface area (Å²) in [6, 6.07) is 0. The normalized spacial score (nSPS) is 12.5. The van der Waals surface area contributed by atoms with Crippen LogP contribution in [0, 0.1) is 25.7 Å². The van der Waals surface area contributed by atoms with E-state index in [1.807, 2.05) is 27.7 Å². The first-order chi connectivity index (χ1) is 7.82. The zero-order valence-corrected chi connectivity index (χ0v) is 12.0. The molecule has 0 aliphatic heterocycles. The Morgan fingerprint density at radius 3 is 2.41 bits per heavy atom. The number of thiocarbonyl (C=S) groups is 1. The first-order valence-electron chi connectivity index (χ1n) is 5.37. The van der Waals surface area contributed by atoms with Crippen LogP contribution in [0.25, 0.3) is 0 Å². The van der Waals surface area contributed by atoms with Crippen LogP contribution in [0.4, 0.5) is 5.13 Å². The average molecular weight is 271 g/mol. The van der Waals surface area contributed by atoms with Crippen LogP contribution in [0.15, 0.2) is 0 Å². The molecule has 1 heterocycles. The van der Waals surface area contributed by atoms with Gasteiger partial charge in [-0.05, 0) is 19.8 Å². The lowest BCUT2D eigenvalue weighted by atomic mass is 9.95. The fourth-order valence-corrected chi connectivity index (χ4v) is 2.67. The molecule has 17 heavy (non-hydrogen) atoms. The van der Waals surface area contributed by atoms with Crippen LogP contribution in [0.5, 0.6) is 0 Å². The molecular formula is C11H17N3OS2. The van der Waals surface area contributed by atoms with E-state index >= 15 is 0 Å². The van der Waals surface area contributed by atoms with E-state index in [1.165, 1.54) is 11.3 Å². The fraction of sp³-hybridized carbons (Fsp3) is 0.545. The second-order valence-electron chi connectivity index (χ2n) is 4.27. The first-order valence-corrected chi connectivity index (χ1v) is 6.59. The Balaban J connectivity index is 2.80. The van der Waals surface area contributed by atoms with Crippen molar-refractivity contribution >= 4 is 39.6 Å². The largest absolute Gasteiger partial charge is 0.393 e. The number of aryl methyl sites for hydroxylation is 2. The van der Waals surface area contributed by atoms with Gasteiger partial charge in [0.25, 0.3) is 0 Å². The van der Waals surface area contributed by atoms with Crippen molar-refractivity contribution in [1.82, 2.24) is 4.98 Å². The zero-order valence-electron chi connectivity index (χ0n) is 10.4. The van der Waals surface area contributed by atoms with E-state index in [-0.39, 0.29) is 16.8 Å².